The lowest BCUT2D eigenvalue weighted by molar-refractivity contribution is -0.119. The van der Waals surface area contributed by atoms with Gasteiger partial charge in [-0.15, -0.1) is 11.8 Å². The predicted molar refractivity (Wildman–Crippen MR) is 134 cm³/mol. The maximum atomic E-state index is 12.3. The second-order valence-corrected chi connectivity index (χ2v) is 8.92. The summed E-state index contributed by atoms with van der Waals surface area (Å²) in [5.41, 5.74) is -0.304. The largest absolute Gasteiger partial charge is 0.508 e. The van der Waals surface area contributed by atoms with Crippen molar-refractivity contribution in [1.29, 1.82) is 0 Å². The van der Waals surface area contributed by atoms with Crippen molar-refractivity contribution in [2.45, 2.75) is 57.9 Å². The van der Waals surface area contributed by atoms with Gasteiger partial charge in [-0.05, 0) is 44.9 Å². The summed E-state index contributed by atoms with van der Waals surface area (Å²) in [5.74, 6) is 0.391. The van der Waals surface area contributed by atoms with Crippen molar-refractivity contribution < 1.29 is 52.0 Å². The van der Waals surface area contributed by atoms with Crippen molar-refractivity contribution in [3.05, 3.63) is 40.2 Å². The number of carbonyl (C=O) groups is 3. The molecular formula is C25H30O12S. The van der Waals surface area contributed by atoms with Crippen LogP contribution in [0, 0.1) is 0 Å². The van der Waals surface area contributed by atoms with E-state index in [2.05, 4.69) is 0 Å². The molecule has 1 saturated heterocycles. The van der Waals surface area contributed by atoms with Crippen LogP contribution in [-0.4, -0.2) is 67.8 Å². The highest BCUT2D eigenvalue weighted by Gasteiger charge is 2.49. The van der Waals surface area contributed by atoms with Gasteiger partial charge in [0.1, 0.15) is 11.3 Å². The van der Waals surface area contributed by atoms with Crippen LogP contribution in [0.1, 0.15) is 33.3 Å². The van der Waals surface area contributed by atoms with Gasteiger partial charge in [-0.1, -0.05) is 6.92 Å². The molecule has 3 rings (SSSR count). The third kappa shape index (κ3) is 7.46. The molecule has 0 radical (unpaired) electrons. The van der Waals surface area contributed by atoms with Crippen LogP contribution in [0.15, 0.2) is 33.5 Å². The highest BCUT2D eigenvalue weighted by molar-refractivity contribution is 7.99. The molecule has 2 heterocycles. The Hall–Kier alpha value is -3.61. The van der Waals surface area contributed by atoms with Gasteiger partial charge in [0.2, 0.25) is 0 Å². The number of ether oxygens (including phenoxy) is 7. The minimum atomic E-state index is -1.32. The summed E-state index contributed by atoms with van der Waals surface area (Å²) in [6.45, 7) is 6.83. The molecule has 208 valence electrons. The summed E-state index contributed by atoms with van der Waals surface area (Å²) in [7, 11) is 0. The molecule has 4 atom stereocenters. The number of hydrogen-bond acceptors (Lipinski definition) is 13. The first-order valence-electron chi connectivity index (χ1n) is 12.1. The zero-order valence-corrected chi connectivity index (χ0v) is 22.3. The normalized spacial score (nSPS) is 20.7. The van der Waals surface area contributed by atoms with E-state index < -0.39 is 47.8 Å². The van der Waals surface area contributed by atoms with E-state index in [9.17, 15) is 19.2 Å². The number of hydrogen-bond donors (Lipinski definition) is 0. The predicted octanol–water partition coefficient (Wildman–Crippen LogP) is 4.43. The van der Waals surface area contributed by atoms with Crippen LogP contribution in [0.25, 0.3) is 11.0 Å². The summed E-state index contributed by atoms with van der Waals surface area (Å²) in [6, 6.07) is 6.40. The Labute approximate surface area is 222 Å². The lowest BCUT2D eigenvalue weighted by atomic mass is 10.1. The minimum Gasteiger partial charge on any atom is -0.476 e. The third-order valence-electron chi connectivity index (χ3n) is 5.32. The molecular weight excluding hydrogens is 524 g/mol. The van der Waals surface area contributed by atoms with Crippen LogP contribution in [0.3, 0.4) is 0 Å². The monoisotopic (exact) mass is 554 g/mol. The summed E-state index contributed by atoms with van der Waals surface area (Å²) >= 11 is 1.14. The third-order valence-corrected chi connectivity index (χ3v) is 6.53. The Bertz CT molecular complexity index is 1180. The van der Waals surface area contributed by atoms with E-state index in [0.717, 1.165) is 22.7 Å². The summed E-state index contributed by atoms with van der Waals surface area (Å²) < 4.78 is 42.3. The first kappa shape index (κ1) is 29.0. The van der Waals surface area contributed by atoms with Gasteiger partial charge in [-0.25, -0.2) is 19.2 Å². The maximum absolute atomic E-state index is 12.3. The average molecular weight is 555 g/mol. The number of benzene rings is 1. The lowest BCUT2D eigenvalue weighted by Gasteiger charge is -2.39. The van der Waals surface area contributed by atoms with Crippen molar-refractivity contribution in [2.75, 3.05) is 25.6 Å². The topological polar surface area (TPSA) is 146 Å². The van der Waals surface area contributed by atoms with Crippen molar-refractivity contribution in [1.82, 2.24) is 0 Å². The van der Waals surface area contributed by atoms with Gasteiger partial charge in [0.25, 0.3) is 0 Å². The molecule has 1 aliphatic rings. The fraction of sp³-hybridized carbons (Fsp3) is 0.520. The Balaban J connectivity index is 1.94. The molecule has 0 saturated carbocycles. The molecule has 2 aromatic rings. The maximum Gasteiger partial charge on any atom is 0.508 e. The second kappa shape index (κ2) is 13.8. The Morgan fingerprint density at radius 1 is 0.868 bits per heavy atom. The van der Waals surface area contributed by atoms with E-state index in [1.54, 1.807) is 39.0 Å². The summed E-state index contributed by atoms with van der Waals surface area (Å²) in [5, 5.41) is 0.751. The van der Waals surface area contributed by atoms with Gasteiger partial charge >= 0.3 is 24.1 Å². The molecule has 0 N–H and O–H groups in total. The van der Waals surface area contributed by atoms with Gasteiger partial charge in [0.15, 0.2) is 23.7 Å². The molecule has 0 spiro atoms. The average Bonchev–Trinajstić information content (AvgIpc) is 2.87. The molecule has 12 nitrogen and oxygen atoms in total. The molecule has 0 amide bonds. The second-order valence-electron chi connectivity index (χ2n) is 7.79. The van der Waals surface area contributed by atoms with Crippen LogP contribution in [0.4, 0.5) is 14.4 Å². The SMILES string of the molecule is CCOC(=O)O[C@@H]1[C@@H](OC(=O)OCC)[C@H](OC(=O)OCC)CS[C@H]1Oc1ccc2c(CC)cc(=O)oc2c1. The number of carbonyl (C=O) groups excluding carboxylic acids is 3. The summed E-state index contributed by atoms with van der Waals surface area (Å²) in [4.78, 5) is 48.6. The fourth-order valence-electron chi connectivity index (χ4n) is 3.73. The van der Waals surface area contributed by atoms with Crippen LogP contribution in [0.2, 0.25) is 0 Å². The molecule has 38 heavy (non-hydrogen) atoms. The number of thioether (sulfide) groups is 1. The van der Waals surface area contributed by atoms with Crippen LogP contribution in [-0.2, 0) is 34.8 Å². The Morgan fingerprint density at radius 2 is 1.47 bits per heavy atom. The van der Waals surface area contributed by atoms with Gasteiger partial charge in [0.05, 0.1) is 19.8 Å². The number of aryl methyl sites for hydroxylation is 1. The Kier molecular flexibility index (Phi) is 10.5. The zero-order chi connectivity index (χ0) is 27.7. The smallest absolute Gasteiger partial charge is 0.476 e. The zero-order valence-electron chi connectivity index (χ0n) is 21.5. The summed E-state index contributed by atoms with van der Waals surface area (Å²) in [6.07, 6.45) is -6.13. The standard InChI is InChI=1S/C25H30O12S/c1-5-14-11-19(26)34-17-12-15(9-10-16(14)17)33-22-21(37-25(29)32-8-4)20(36-24(28)31-7-3)18(13-38-22)35-23(27)30-6-2/h9-12,18,20-22H,5-8,13H2,1-4H3/t18-,20+,21-,22-/m1/s1. The minimum absolute atomic E-state index is 0.0229. The number of rotatable bonds is 9. The van der Waals surface area contributed by atoms with E-state index in [-0.39, 0.29) is 25.6 Å². The first-order chi connectivity index (χ1) is 18.3. The van der Waals surface area contributed by atoms with Crippen molar-refractivity contribution in [2.24, 2.45) is 0 Å². The molecule has 1 aromatic heterocycles. The van der Waals surface area contributed by atoms with Crippen molar-refractivity contribution >= 4 is 41.2 Å². The van der Waals surface area contributed by atoms with Crippen LogP contribution >= 0.6 is 11.8 Å². The highest BCUT2D eigenvalue weighted by Crippen LogP contribution is 2.35. The molecule has 1 aromatic carbocycles. The molecule has 0 aliphatic carbocycles. The fourth-order valence-corrected chi connectivity index (χ4v) is 4.94. The highest BCUT2D eigenvalue weighted by atomic mass is 32.2. The van der Waals surface area contributed by atoms with E-state index >= 15 is 0 Å². The first-order valence-corrected chi connectivity index (χ1v) is 13.2. The molecule has 1 fully saturated rings. The van der Waals surface area contributed by atoms with Gasteiger partial charge < -0.3 is 37.6 Å². The lowest BCUT2D eigenvalue weighted by Crippen LogP contribution is -2.56. The quantitative estimate of drug-likeness (QED) is 0.245. The van der Waals surface area contributed by atoms with Crippen molar-refractivity contribution in [3.8, 4) is 5.75 Å². The van der Waals surface area contributed by atoms with Crippen LogP contribution in [0.5, 0.6) is 5.75 Å². The van der Waals surface area contributed by atoms with Crippen LogP contribution < -0.4 is 10.4 Å². The van der Waals surface area contributed by atoms with E-state index in [1.165, 1.54) is 6.07 Å². The van der Waals surface area contributed by atoms with Gasteiger partial charge in [0, 0.05) is 23.3 Å². The molecule has 0 bridgehead atoms. The van der Waals surface area contributed by atoms with E-state index in [1.807, 2.05) is 6.92 Å². The molecule has 0 unspecified atom stereocenters. The van der Waals surface area contributed by atoms with Gasteiger partial charge in [-0.2, -0.15) is 0 Å². The van der Waals surface area contributed by atoms with E-state index in [4.69, 9.17) is 37.6 Å². The van der Waals surface area contributed by atoms with E-state index in [0.29, 0.717) is 17.8 Å². The van der Waals surface area contributed by atoms with Gasteiger partial charge in [-0.3, -0.25) is 0 Å². The Morgan fingerprint density at radius 3 is 2.08 bits per heavy atom. The van der Waals surface area contributed by atoms with Crippen molar-refractivity contribution in [3.63, 3.8) is 0 Å². The number of fused-ring (bicyclic) bond motifs is 1. The molecule has 1 aliphatic heterocycles. The molecule has 13 heteroatoms.